The third kappa shape index (κ3) is 2.35. The van der Waals surface area contributed by atoms with Crippen LogP contribution in [-0.2, 0) is 0 Å². The lowest BCUT2D eigenvalue weighted by atomic mass is 10.2. The van der Waals surface area contributed by atoms with Gasteiger partial charge in [-0.15, -0.1) is 0 Å². The third-order valence-corrected chi connectivity index (χ3v) is 3.07. The van der Waals surface area contributed by atoms with Crippen LogP contribution in [0.4, 0.5) is 10.1 Å². The topological polar surface area (TPSA) is 64.9 Å². The van der Waals surface area contributed by atoms with E-state index in [-0.39, 0.29) is 10.9 Å². The van der Waals surface area contributed by atoms with Crippen LogP contribution in [0.15, 0.2) is 47.0 Å². The SMILES string of the molecule is Nc1ccc(-c2noc(-c3ccc(Cl)c(F)c3)n2)cc1. The highest BCUT2D eigenvalue weighted by Crippen LogP contribution is 2.25. The Morgan fingerprint density at radius 3 is 2.45 bits per heavy atom. The van der Waals surface area contributed by atoms with Crippen LogP contribution in [0.3, 0.4) is 0 Å². The zero-order valence-electron chi connectivity index (χ0n) is 10.2. The summed E-state index contributed by atoms with van der Waals surface area (Å²) in [6.45, 7) is 0. The zero-order valence-corrected chi connectivity index (χ0v) is 10.9. The van der Waals surface area contributed by atoms with Crippen molar-refractivity contribution in [3.05, 3.63) is 53.3 Å². The Hall–Kier alpha value is -2.40. The number of aromatic nitrogens is 2. The van der Waals surface area contributed by atoms with E-state index >= 15 is 0 Å². The molecular formula is C14H9ClFN3O. The van der Waals surface area contributed by atoms with Crippen LogP contribution < -0.4 is 5.73 Å². The minimum atomic E-state index is -0.531. The van der Waals surface area contributed by atoms with Gasteiger partial charge in [0, 0.05) is 16.8 Å². The summed E-state index contributed by atoms with van der Waals surface area (Å²) >= 11 is 5.63. The van der Waals surface area contributed by atoms with Crippen molar-refractivity contribution in [1.82, 2.24) is 10.1 Å². The van der Waals surface area contributed by atoms with Crippen LogP contribution in [0.5, 0.6) is 0 Å². The average molecular weight is 290 g/mol. The summed E-state index contributed by atoms with van der Waals surface area (Å²) in [5.74, 6) is 0.110. The predicted molar refractivity (Wildman–Crippen MR) is 74.6 cm³/mol. The van der Waals surface area contributed by atoms with Gasteiger partial charge in [0.1, 0.15) is 5.82 Å². The molecule has 0 fully saturated rings. The number of nitrogens with two attached hydrogens (primary N) is 1. The second-order valence-corrected chi connectivity index (χ2v) is 4.58. The van der Waals surface area contributed by atoms with Crippen molar-refractivity contribution < 1.29 is 8.91 Å². The number of hydrogen-bond donors (Lipinski definition) is 1. The van der Waals surface area contributed by atoms with Gasteiger partial charge in [0.2, 0.25) is 5.82 Å². The lowest BCUT2D eigenvalue weighted by Gasteiger charge is -1.96. The van der Waals surface area contributed by atoms with E-state index in [0.717, 1.165) is 5.56 Å². The van der Waals surface area contributed by atoms with Crippen LogP contribution in [0.1, 0.15) is 0 Å². The number of anilines is 1. The number of benzene rings is 2. The quantitative estimate of drug-likeness (QED) is 0.729. The van der Waals surface area contributed by atoms with Crippen molar-refractivity contribution in [2.24, 2.45) is 0 Å². The fraction of sp³-hybridized carbons (Fsp3) is 0. The molecule has 0 unspecified atom stereocenters. The van der Waals surface area contributed by atoms with E-state index in [4.69, 9.17) is 21.9 Å². The standard InChI is InChI=1S/C14H9ClFN3O/c15-11-6-3-9(7-12(11)16)14-18-13(19-20-14)8-1-4-10(17)5-2-8/h1-7H,17H2. The molecule has 100 valence electrons. The molecule has 3 rings (SSSR count). The molecule has 6 heteroatoms. The number of nitrogen functional groups attached to an aromatic ring is 1. The maximum Gasteiger partial charge on any atom is 0.258 e. The fourth-order valence-corrected chi connectivity index (χ4v) is 1.84. The Morgan fingerprint density at radius 2 is 1.75 bits per heavy atom. The van der Waals surface area contributed by atoms with Crippen molar-refractivity contribution in [3.63, 3.8) is 0 Å². The van der Waals surface area contributed by atoms with Crippen molar-refractivity contribution in [3.8, 4) is 22.8 Å². The summed E-state index contributed by atoms with van der Waals surface area (Å²) in [6, 6.07) is 11.4. The van der Waals surface area contributed by atoms with Gasteiger partial charge >= 0.3 is 0 Å². The molecule has 20 heavy (non-hydrogen) atoms. The van der Waals surface area contributed by atoms with Gasteiger partial charge in [-0.2, -0.15) is 4.98 Å². The first-order valence-corrected chi connectivity index (χ1v) is 6.16. The molecular weight excluding hydrogens is 281 g/mol. The van der Waals surface area contributed by atoms with Crippen molar-refractivity contribution >= 4 is 17.3 Å². The monoisotopic (exact) mass is 289 g/mol. The van der Waals surface area contributed by atoms with Gasteiger partial charge in [0.05, 0.1) is 5.02 Å². The molecule has 0 spiro atoms. The third-order valence-electron chi connectivity index (χ3n) is 2.76. The molecule has 0 amide bonds. The van der Waals surface area contributed by atoms with Gasteiger partial charge in [-0.05, 0) is 42.5 Å². The van der Waals surface area contributed by atoms with Crippen LogP contribution in [0.2, 0.25) is 5.02 Å². The first-order chi connectivity index (χ1) is 9.63. The van der Waals surface area contributed by atoms with Gasteiger partial charge < -0.3 is 10.3 Å². The summed E-state index contributed by atoms with van der Waals surface area (Å²) in [4.78, 5) is 4.22. The Kier molecular flexibility index (Phi) is 3.12. The summed E-state index contributed by atoms with van der Waals surface area (Å²) in [5, 5.41) is 3.91. The van der Waals surface area contributed by atoms with Crippen molar-refractivity contribution in [1.29, 1.82) is 0 Å². The Balaban J connectivity index is 1.97. The summed E-state index contributed by atoms with van der Waals surface area (Å²) in [5.41, 5.74) is 7.50. The summed E-state index contributed by atoms with van der Waals surface area (Å²) in [6.07, 6.45) is 0. The molecule has 1 heterocycles. The molecule has 0 aliphatic rings. The highest BCUT2D eigenvalue weighted by molar-refractivity contribution is 6.30. The van der Waals surface area contributed by atoms with E-state index in [1.807, 2.05) is 0 Å². The lowest BCUT2D eigenvalue weighted by Crippen LogP contribution is -1.85. The first kappa shape index (κ1) is 12.6. The largest absolute Gasteiger partial charge is 0.399 e. The minimum Gasteiger partial charge on any atom is -0.399 e. The Bertz CT molecular complexity index is 755. The molecule has 0 saturated heterocycles. The second-order valence-electron chi connectivity index (χ2n) is 4.17. The van der Waals surface area contributed by atoms with Crippen LogP contribution >= 0.6 is 11.6 Å². The molecule has 0 radical (unpaired) electrons. The van der Waals surface area contributed by atoms with E-state index in [0.29, 0.717) is 17.1 Å². The van der Waals surface area contributed by atoms with Gasteiger partial charge in [0.25, 0.3) is 5.89 Å². The van der Waals surface area contributed by atoms with Gasteiger partial charge in [-0.25, -0.2) is 4.39 Å². The van der Waals surface area contributed by atoms with Crippen molar-refractivity contribution in [2.45, 2.75) is 0 Å². The van der Waals surface area contributed by atoms with E-state index < -0.39 is 5.82 Å². The molecule has 0 aliphatic heterocycles. The molecule has 2 aromatic carbocycles. The highest BCUT2D eigenvalue weighted by Gasteiger charge is 2.12. The summed E-state index contributed by atoms with van der Waals surface area (Å²) in [7, 11) is 0. The van der Waals surface area contributed by atoms with Gasteiger partial charge in [-0.3, -0.25) is 0 Å². The van der Waals surface area contributed by atoms with Crippen molar-refractivity contribution in [2.75, 3.05) is 5.73 Å². The normalized spacial score (nSPS) is 10.7. The van der Waals surface area contributed by atoms with E-state index in [1.54, 1.807) is 30.3 Å². The molecule has 0 saturated carbocycles. The van der Waals surface area contributed by atoms with Crippen LogP contribution in [-0.4, -0.2) is 10.1 Å². The predicted octanol–water partition coefficient (Wildman–Crippen LogP) is 3.78. The number of hydrogen-bond acceptors (Lipinski definition) is 4. The minimum absolute atomic E-state index is 0.0482. The summed E-state index contributed by atoms with van der Waals surface area (Å²) < 4.78 is 18.5. The highest BCUT2D eigenvalue weighted by atomic mass is 35.5. The number of rotatable bonds is 2. The zero-order chi connectivity index (χ0) is 14.1. The maximum atomic E-state index is 13.4. The molecule has 0 bridgehead atoms. The average Bonchev–Trinajstić information content (AvgIpc) is 2.92. The smallest absolute Gasteiger partial charge is 0.258 e. The molecule has 0 aliphatic carbocycles. The molecule has 0 atom stereocenters. The Labute approximate surface area is 119 Å². The van der Waals surface area contributed by atoms with E-state index in [9.17, 15) is 4.39 Å². The first-order valence-electron chi connectivity index (χ1n) is 5.78. The van der Waals surface area contributed by atoms with E-state index in [1.165, 1.54) is 12.1 Å². The number of nitrogens with zero attached hydrogens (tertiary/aromatic N) is 2. The van der Waals surface area contributed by atoms with Gasteiger partial charge in [0.15, 0.2) is 0 Å². The van der Waals surface area contributed by atoms with Crippen LogP contribution in [0, 0.1) is 5.82 Å². The molecule has 1 aromatic heterocycles. The van der Waals surface area contributed by atoms with Crippen LogP contribution in [0.25, 0.3) is 22.8 Å². The molecule has 4 nitrogen and oxygen atoms in total. The Morgan fingerprint density at radius 1 is 1.05 bits per heavy atom. The van der Waals surface area contributed by atoms with E-state index in [2.05, 4.69) is 10.1 Å². The lowest BCUT2D eigenvalue weighted by molar-refractivity contribution is 0.432. The maximum absolute atomic E-state index is 13.4. The fourth-order valence-electron chi connectivity index (χ4n) is 1.72. The molecule has 3 aromatic rings. The van der Waals surface area contributed by atoms with Gasteiger partial charge in [-0.1, -0.05) is 16.8 Å². The number of halogens is 2. The second kappa shape index (κ2) is 4.94. The molecule has 2 N–H and O–H groups in total.